The molecule has 0 aromatic heterocycles. The van der Waals surface area contributed by atoms with Crippen LogP contribution in [0.4, 0.5) is 4.39 Å². The summed E-state index contributed by atoms with van der Waals surface area (Å²) in [7, 11) is 1.60. The molecule has 25 heavy (non-hydrogen) atoms. The second-order valence-corrected chi connectivity index (χ2v) is 6.60. The Labute approximate surface area is 148 Å². The number of amides is 1. The lowest BCUT2D eigenvalue weighted by Crippen LogP contribution is -2.42. The van der Waals surface area contributed by atoms with E-state index in [1.807, 2.05) is 0 Å². The Morgan fingerprint density at radius 3 is 2.76 bits per heavy atom. The minimum Gasteiger partial charge on any atom is -0.493 e. The molecular formula is C18H15ClFN3O2. The van der Waals surface area contributed by atoms with Crippen molar-refractivity contribution in [2.24, 2.45) is 10.7 Å². The molecule has 0 saturated carbocycles. The van der Waals surface area contributed by atoms with Gasteiger partial charge in [-0.3, -0.25) is 9.69 Å². The standard InChI is InChI=1S/C18H15ClFN3O2/c1-23-16(24)18(22-17(23)21)4-5-25-15-3-2-10(8-14(15)18)11-6-12(19)9-13(20)7-11/h2-3,6-9H,4-5H2,1H3,(H2,21,22). The summed E-state index contributed by atoms with van der Waals surface area (Å²) in [5, 5.41) is 0.303. The fourth-order valence-electron chi connectivity index (χ4n) is 3.36. The molecule has 0 fully saturated rings. The average Bonchev–Trinajstić information content (AvgIpc) is 2.79. The molecule has 0 saturated heterocycles. The van der Waals surface area contributed by atoms with Crippen molar-refractivity contribution in [3.05, 3.63) is 52.8 Å². The Kier molecular flexibility index (Phi) is 3.47. The monoisotopic (exact) mass is 359 g/mol. The summed E-state index contributed by atoms with van der Waals surface area (Å²) in [5.74, 6) is 0.142. The summed E-state index contributed by atoms with van der Waals surface area (Å²) < 4.78 is 19.4. The number of hydrogen-bond donors (Lipinski definition) is 1. The number of fused-ring (bicyclic) bond motifs is 2. The van der Waals surface area contributed by atoms with Gasteiger partial charge in [0.2, 0.25) is 0 Å². The van der Waals surface area contributed by atoms with Crippen molar-refractivity contribution in [1.29, 1.82) is 0 Å². The number of carbonyl (C=O) groups is 1. The van der Waals surface area contributed by atoms with E-state index in [2.05, 4.69) is 4.99 Å². The lowest BCUT2D eigenvalue weighted by Gasteiger charge is -2.32. The Hall–Kier alpha value is -2.60. The SMILES string of the molecule is CN1C(=O)C2(CCOc3ccc(-c4cc(F)cc(Cl)c4)cc32)N=C1N. The number of guanidine groups is 1. The zero-order chi connectivity index (χ0) is 17.8. The summed E-state index contributed by atoms with van der Waals surface area (Å²) in [6, 6.07) is 9.68. The second kappa shape index (κ2) is 5.46. The molecule has 7 heteroatoms. The normalized spacial score (nSPS) is 22.0. The molecule has 1 amide bonds. The Balaban J connectivity index is 1.89. The van der Waals surface area contributed by atoms with Crippen molar-refractivity contribution in [2.45, 2.75) is 12.0 Å². The van der Waals surface area contributed by atoms with Crippen LogP contribution in [0, 0.1) is 5.82 Å². The topological polar surface area (TPSA) is 67.9 Å². The number of hydrogen-bond acceptors (Lipinski definition) is 4. The third kappa shape index (κ3) is 2.36. The number of halogens is 2. The van der Waals surface area contributed by atoms with Crippen LogP contribution >= 0.6 is 11.6 Å². The zero-order valence-corrected chi connectivity index (χ0v) is 14.2. The molecule has 1 unspecified atom stereocenters. The molecule has 0 radical (unpaired) electrons. The zero-order valence-electron chi connectivity index (χ0n) is 13.4. The number of aliphatic imine (C=N–C) groups is 1. The van der Waals surface area contributed by atoms with Crippen LogP contribution < -0.4 is 10.5 Å². The van der Waals surface area contributed by atoms with Gasteiger partial charge >= 0.3 is 0 Å². The lowest BCUT2D eigenvalue weighted by atomic mass is 9.83. The van der Waals surface area contributed by atoms with Crippen molar-refractivity contribution >= 4 is 23.5 Å². The highest BCUT2D eigenvalue weighted by Crippen LogP contribution is 2.45. The predicted molar refractivity (Wildman–Crippen MR) is 93.0 cm³/mol. The third-order valence-corrected chi connectivity index (χ3v) is 4.87. The van der Waals surface area contributed by atoms with E-state index in [-0.39, 0.29) is 11.9 Å². The molecular weight excluding hydrogens is 345 g/mol. The Morgan fingerprint density at radius 1 is 1.28 bits per heavy atom. The van der Waals surface area contributed by atoms with Crippen molar-refractivity contribution in [3.8, 4) is 16.9 Å². The molecule has 4 rings (SSSR count). The number of benzene rings is 2. The van der Waals surface area contributed by atoms with Crippen molar-refractivity contribution in [3.63, 3.8) is 0 Å². The molecule has 128 valence electrons. The van der Waals surface area contributed by atoms with E-state index in [0.717, 1.165) is 5.56 Å². The van der Waals surface area contributed by atoms with Gasteiger partial charge in [0.1, 0.15) is 11.6 Å². The summed E-state index contributed by atoms with van der Waals surface area (Å²) in [6.45, 7) is 0.370. The first-order valence-electron chi connectivity index (χ1n) is 7.78. The molecule has 2 aliphatic heterocycles. The molecule has 1 atom stereocenters. The number of nitrogens with zero attached hydrogens (tertiary/aromatic N) is 2. The van der Waals surface area contributed by atoms with Gasteiger partial charge in [-0.15, -0.1) is 0 Å². The van der Waals surface area contributed by atoms with Gasteiger partial charge in [0, 0.05) is 24.1 Å². The van der Waals surface area contributed by atoms with Gasteiger partial charge in [0.15, 0.2) is 11.5 Å². The van der Waals surface area contributed by atoms with Crippen molar-refractivity contribution in [2.75, 3.05) is 13.7 Å². The van der Waals surface area contributed by atoms with Gasteiger partial charge in [-0.1, -0.05) is 17.7 Å². The molecule has 2 aromatic rings. The van der Waals surface area contributed by atoms with Gasteiger partial charge in [0.25, 0.3) is 5.91 Å². The summed E-state index contributed by atoms with van der Waals surface area (Å²) >= 11 is 5.96. The van der Waals surface area contributed by atoms with Crippen LogP contribution in [-0.4, -0.2) is 30.4 Å². The van der Waals surface area contributed by atoms with Crippen LogP contribution in [0.2, 0.25) is 5.02 Å². The molecule has 2 heterocycles. The minimum atomic E-state index is -1.08. The quantitative estimate of drug-likeness (QED) is 0.851. The van der Waals surface area contributed by atoms with Gasteiger partial charge in [-0.2, -0.15) is 0 Å². The minimum absolute atomic E-state index is 0.178. The maximum Gasteiger partial charge on any atom is 0.261 e. The number of carbonyl (C=O) groups excluding carboxylic acids is 1. The van der Waals surface area contributed by atoms with E-state index in [4.69, 9.17) is 22.1 Å². The summed E-state index contributed by atoms with van der Waals surface area (Å²) in [6.07, 6.45) is 0.400. The molecule has 0 aliphatic carbocycles. The number of ether oxygens (including phenoxy) is 1. The molecule has 2 aromatic carbocycles. The van der Waals surface area contributed by atoms with Gasteiger partial charge in [0.05, 0.1) is 6.61 Å². The van der Waals surface area contributed by atoms with E-state index in [9.17, 15) is 9.18 Å². The molecule has 0 bridgehead atoms. The first kappa shape index (κ1) is 15.9. The third-order valence-electron chi connectivity index (χ3n) is 4.65. The highest BCUT2D eigenvalue weighted by Gasteiger charge is 2.51. The van der Waals surface area contributed by atoms with E-state index < -0.39 is 11.4 Å². The summed E-state index contributed by atoms with van der Waals surface area (Å²) in [5.41, 5.74) is 6.76. The highest BCUT2D eigenvalue weighted by atomic mass is 35.5. The molecule has 2 aliphatic rings. The van der Waals surface area contributed by atoms with Gasteiger partial charge in [-0.05, 0) is 41.5 Å². The first-order chi connectivity index (χ1) is 11.9. The highest BCUT2D eigenvalue weighted by molar-refractivity contribution is 6.30. The predicted octanol–water partition coefficient (Wildman–Crippen LogP) is 2.91. The fraction of sp³-hybridized carbons (Fsp3) is 0.222. The second-order valence-electron chi connectivity index (χ2n) is 6.16. The van der Waals surface area contributed by atoms with Crippen LogP contribution in [0.1, 0.15) is 12.0 Å². The van der Waals surface area contributed by atoms with E-state index >= 15 is 0 Å². The van der Waals surface area contributed by atoms with Crippen LogP contribution in [-0.2, 0) is 10.3 Å². The van der Waals surface area contributed by atoms with Crippen LogP contribution in [0.3, 0.4) is 0 Å². The maximum absolute atomic E-state index is 13.7. The van der Waals surface area contributed by atoms with E-state index in [0.29, 0.717) is 34.9 Å². The van der Waals surface area contributed by atoms with Crippen molar-refractivity contribution in [1.82, 2.24) is 4.90 Å². The smallest absolute Gasteiger partial charge is 0.261 e. The van der Waals surface area contributed by atoms with E-state index in [1.54, 1.807) is 31.3 Å². The fourth-order valence-corrected chi connectivity index (χ4v) is 3.58. The largest absolute Gasteiger partial charge is 0.493 e. The van der Waals surface area contributed by atoms with Gasteiger partial charge < -0.3 is 10.5 Å². The molecule has 2 N–H and O–H groups in total. The number of nitrogens with two attached hydrogens (primary N) is 1. The van der Waals surface area contributed by atoms with Crippen LogP contribution in [0.5, 0.6) is 5.75 Å². The number of rotatable bonds is 1. The average molecular weight is 360 g/mol. The lowest BCUT2D eigenvalue weighted by molar-refractivity contribution is -0.131. The van der Waals surface area contributed by atoms with Crippen molar-refractivity contribution < 1.29 is 13.9 Å². The Morgan fingerprint density at radius 2 is 2.08 bits per heavy atom. The Bertz CT molecular complexity index is 910. The van der Waals surface area contributed by atoms with Crippen LogP contribution in [0.15, 0.2) is 41.4 Å². The van der Waals surface area contributed by atoms with Crippen LogP contribution in [0.25, 0.3) is 11.1 Å². The number of likely N-dealkylation sites (N-methyl/N-ethyl adjacent to an activating group) is 1. The van der Waals surface area contributed by atoms with Gasteiger partial charge in [-0.25, -0.2) is 9.38 Å². The molecule has 1 spiro atoms. The van der Waals surface area contributed by atoms with E-state index in [1.165, 1.54) is 17.0 Å². The molecule has 5 nitrogen and oxygen atoms in total. The summed E-state index contributed by atoms with van der Waals surface area (Å²) in [4.78, 5) is 18.6. The maximum atomic E-state index is 13.7. The first-order valence-corrected chi connectivity index (χ1v) is 8.16.